The van der Waals surface area contributed by atoms with E-state index in [4.69, 9.17) is 0 Å². The molecule has 1 heterocycles. The molecule has 0 fully saturated rings. The zero-order valence-electron chi connectivity index (χ0n) is 7.16. The smallest absolute Gasteiger partial charge is 0.138 e. The topological polar surface area (TPSA) is 42.9 Å². The highest BCUT2D eigenvalue weighted by Gasteiger charge is 2.02. The average Bonchev–Trinajstić information content (AvgIpc) is 2.06. The Labute approximate surface area is 71.8 Å². The maximum Gasteiger partial charge on any atom is 0.138 e. The summed E-state index contributed by atoms with van der Waals surface area (Å²) in [6.45, 7) is 1.99. The SMILES string of the molecule is CCCC(=O)Cc1cccnn1. The van der Waals surface area contributed by atoms with Gasteiger partial charge in [0.15, 0.2) is 0 Å². The lowest BCUT2D eigenvalue weighted by molar-refractivity contribution is -0.118. The molecule has 1 aromatic rings. The van der Waals surface area contributed by atoms with Gasteiger partial charge in [-0.05, 0) is 18.6 Å². The van der Waals surface area contributed by atoms with Crippen molar-refractivity contribution in [2.45, 2.75) is 26.2 Å². The van der Waals surface area contributed by atoms with Gasteiger partial charge in [-0.1, -0.05) is 6.92 Å². The molecule has 0 atom stereocenters. The van der Waals surface area contributed by atoms with Crippen LogP contribution in [-0.2, 0) is 11.2 Å². The molecule has 0 aliphatic heterocycles. The first-order valence-electron chi connectivity index (χ1n) is 4.11. The molecule has 0 bridgehead atoms. The van der Waals surface area contributed by atoms with Crippen LogP contribution in [0.1, 0.15) is 25.5 Å². The Morgan fingerprint density at radius 2 is 2.42 bits per heavy atom. The van der Waals surface area contributed by atoms with Crippen LogP contribution in [-0.4, -0.2) is 16.0 Å². The number of nitrogens with zero attached hydrogens (tertiary/aromatic N) is 2. The first-order valence-corrected chi connectivity index (χ1v) is 4.11. The summed E-state index contributed by atoms with van der Waals surface area (Å²) in [6.07, 6.45) is 3.56. The van der Waals surface area contributed by atoms with Crippen molar-refractivity contribution in [3.8, 4) is 0 Å². The second-order valence-electron chi connectivity index (χ2n) is 2.68. The monoisotopic (exact) mass is 164 g/mol. The van der Waals surface area contributed by atoms with Crippen molar-refractivity contribution >= 4 is 5.78 Å². The Kier molecular flexibility index (Phi) is 3.38. The molecular formula is C9H12N2O. The molecule has 0 amide bonds. The minimum atomic E-state index is 0.234. The largest absolute Gasteiger partial charge is 0.299 e. The molecule has 0 N–H and O–H groups in total. The number of rotatable bonds is 4. The minimum absolute atomic E-state index is 0.234. The molecule has 0 saturated carbocycles. The van der Waals surface area contributed by atoms with Gasteiger partial charge in [0.25, 0.3) is 0 Å². The molecule has 0 aliphatic carbocycles. The van der Waals surface area contributed by atoms with Gasteiger partial charge in [0.2, 0.25) is 0 Å². The summed E-state index contributed by atoms with van der Waals surface area (Å²) in [6, 6.07) is 3.61. The number of ketones is 1. The standard InChI is InChI=1S/C9H12N2O/c1-2-4-9(12)7-8-5-3-6-10-11-8/h3,5-6H,2,4,7H2,1H3. The van der Waals surface area contributed by atoms with Gasteiger partial charge in [-0.15, -0.1) is 0 Å². The molecule has 64 valence electrons. The van der Waals surface area contributed by atoms with Crippen molar-refractivity contribution in [1.29, 1.82) is 0 Å². The third kappa shape index (κ3) is 2.78. The van der Waals surface area contributed by atoms with Gasteiger partial charge in [-0.2, -0.15) is 10.2 Å². The summed E-state index contributed by atoms with van der Waals surface area (Å²) >= 11 is 0. The fourth-order valence-corrected chi connectivity index (χ4v) is 0.997. The van der Waals surface area contributed by atoms with Gasteiger partial charge in [0, 0.05) is 12.6 Å². The van der Waals surface area contributed by atoms with E-state index in [-0.39, 0.29) is 5.78 Å². The second kappa shape index (κ2) is 4.59. The Balaban J connectivity index is 2.47. The van der Waals surface area contributed by atoms with E-state index < -0.39 is 0 Å². The van der Waals surface area contributed by atoms with Gasteiger partial charge in [0.1, 0.15) is 5.78 Å². The molecule has 12 heavy (non-hydrogen) atoms. The zero-order valence-corrected chi connectivity index (χ0v) is 7.16. The van der Waals surface area contributed by atoms with Gasteiger partial charge < -0.3 is 0 Å². The number of Topliss-reactive ketones (excluding diaryl/α,β-unsaturated/α-hetero) is 1. The molecule has 0 aliphatic rings. The van der Waals surface area contributed by atoms with Crippen LogP contribution >= 0.6 is 0 Å². The highest BCUT2D eigenvalue weighted by Crippen LogP contribution is 1.98. The summed E-state index contributed by atoms with van der Waals surface area (Å²) in [4.78, 5) is 11.1. The third-order valence-corrected chi connectivity index (χ3v) is 1.53. The predicted molar refractivity (Wildman–Crippen MR) is 45.7 cm³/mol. The van der Waals surface area contributed by atoms with E-state index in [1.165, 1.54) is 0 Å². The van der Waals surface area contributed by atoms with Crippen molar-refractivity contribution in [1.82, 2.24) is 10.2 Å². The lowest BCUT2D eigenvalue weighted by Gasteiger charge is -1.96. The minimum Gasteiger partial charge on any atom is -0.299 e. The van der Waals surface area contributed by atoms with Gasteiger partial charge in [0.05, 0.1) is 12.1 Å². The summed E-state index contributed by atoms with van der Waals surface area (Å²) in [7, 11) is 0. The number of hydrogen-bond donors (Lipinski definition) is 0. The first-order chi connectivity index (χ1) is 5.83. The molecule has 3 heteroatoms. The van der Waals surface area contributed by atoms with E-state index in [9.17, 15) is 4.79 Å². The molecule has 3 nitrogen and oxygen atoms in total. The number of carbonyl (C=O) groups is 1. The van der Waals surface area contributed by atoms with E-state index in [0.29, 0.717) is 12.8 Å². The van der Waals surface area contributed by atoms with Crippen LogP contribution in [0.4, 0.5) is 0 Å². The third-order valence-electron chi connectivity index (χ3n) is 1.53. The Morgan fingerprint density at radius 3 is 3.00 bits per heavy atom. The summed E-state index contributed by atoms with van der Waals surface area (Å²) in [5.41, 5.74) is 0.760. The summed E-state index contributed by atoms with van der Waals surface area (Å²) < 4.78 is 0. The number of hydrogen-bond acceptors (Lipinski definition) is 3. The van der Waals surface area contributed by atoms with Crippen molar-refractivity contribution in [2.75, 3.05) is 0 Å². The zero-order chi connectivity index (χ0) is 8.81. The van der Waals surface area contributed by atoms with Crippen LogP contribution in [0.25, 0.3) is 0 Å². The normalized spacial score (nSPS) is 9.75. The van der Waals surface area contributed by atoms with Crippen LogP contribution in [0.3, 0.4) is 0 Å². The fraction of sp³-hybridized carbons (Fsp3) is 0.444. The molecule has 1 rings (SSSR count). The van der Waals surface area contributed by atoms with Crippen molar-refractivity contribution in [2.24, 2.45) is 0 Å². The van der Waals surface area contributed by atoms with Crippen molar-refractivity contribution in [3.05, 3.63) is 24.0 Å². The second-order valence-corrected chi connectivity index (χ2v) is 2.68. The first kappa shape index (κ1) is 8.84. The Morgan fingerprint density at radius 1 is 1.58 bits per heavy atom. The van der Waals surface area contributed by atoms with Crippen LogP contribution in [0.15, 0.2) is 18.3 Å². The van der Waals surface area contributed by atoms with E-state index in [2.05, 4.69) is 10.2 Å². The van der Waals surface area contributed by atoms with Crippen LogP contribution in [0.2, 0.25) is 0 Å². The predicted octanol–water partition coefficient (Wildman–Crippen LogP) is 1.39. The molecule has 0 saturated heterocycles. The van der Waals surface area contributed by atoms with Crippen LogP contribution < -0.4 is 0 Å². The maximum atomic E-state index is 11.1. The maximum absolute atomic E-state index is 11.1. The molecule has 0 aromatic carbocycles. The highest BCUT2D eigenvalue weighted by molar-refractivity contribution is 5.80. The fourth-order valence-electron chi connectivity index (χ4n) is 0.997. The quantitative estimate of drug-likeness (QED) is 0.675. The van der Waals surface area contributed by atoms with E-state index in [1.54, 1.807) is 12.3 Å². The lowest BCUT2D eigenvalue weighted by atomic mass is 10.1. The molecule has 0 spiro atoms. The van der Waals surface area contributed by atoms with Gasteiger partial charge >= 0.3 is 0 Å². The Hall–Kier alpha value is -1.25. The van der Waals surface area contributed by atoms with Gasteiger partial charge in [-0.25, -0.2) is 0 Å². The van der Waals surface area contributed by atoms with E-state index in [1.807, 2.05) is 13.0 Å². The molecule has 1 aromatic heterocycles. The number of carbonyl (C=O) groups excluding carboxylic acids is 1. The van der Waals surface area contributed by atoms with Crippen molar-refractivity contribution < 1.29 is 4.79 Å². The molecule has 0 unspecified atom stereocenters. The van der Waals surface area contributed by atoms with Crippen molar-refractivity contribution in [3.63, 3.8) is 0 Å². The van der Waals surface area contributed by atoms with Crippen LogP contribution in [0, 0.1) is 0 Å². The highest BCUT2D eigenvalue weighted by atomic mass is 16.1. The summed E-state index contributed by atoms with van der Waals surface area (Å²) in [5.74, 6) is 0.234. The number of aromatic nitrogens is 2. The molecular weight excluding hydrogens is 152 g/mol. The van der Waals surface area contributed by atoms with E-state index in [0.717, 1.165) is 12.1 Å². The Bertz CT molecular complexity index is 246. The summed E-state index contributed by atoms with van der Waals surface area (Å²) in [5, 5.41) is 7.53. The average molecular weight is 164 g/mol. The lowest BCUT2D eigenvalue weighted by Crippen LogP contribution is -2.03. The van der Waals surface area contributed by atoms with E-state index >= 15 is 0 Å². The molecule has 0 radical (unpaired) electrons. The van der Waals surface area contributed by atoms with Crippen LogP contribution in [0.5, 0.6) is 0 Å². The van der Waals surface area contributed by atoms with Gasteiger partial charge in [-0.3, -0.25) is 4.79 Å².